The van der Waals surface area contributed by atoms with Gasteiger partial charge < -0.3 is 9.47 Å². The van der Waals surface area contributed by atoms with Crippen LogP contribution in [0.5, 0.6) is 0 Å². The first kappa shape index (κ1) is 24.7. The van der Waals surface area contributed by atoms with Gasteiger partial charge in [0.25, 0.3) is 0 Å². The minimum atomic E-state index is 1.14. The third-order valence-corrected chi connectivity index (χ3v) is 8.91. The van der Waals surface area contributed by atoms with E-state index in [0.29, 0.717) is 0 Å². The highest BCUT2D eigenvalue weighted by Gasteiger charge is 2.18. The van der Waals surface area contributed by atoms with Crippen LogP contribution in [0.2, 0.25) is 0 Å². The van der Waals surface area contributed by atoms with E-state index in [2.05, 4.69) is 179 Å². The lowest BCUT2D eigenvalue weighted by atomic mass is 9.92. The van der Waals surface area contributed by atoms with Crippen molar-refractivity contribution in [2.24, 2.45) is 0 Å². The summed E-state index contributed by atoms with van der Waals surface area (Å²) in [4.78, 5) is 2.34. The topological polar surface area (TPSA) is 8.17 Å². The zero-order valence-electron chi connectivity index (χ0n) is 24.1. The minimum Gasteiger partial charge on any atom is -0.310 e. The summed E-state index contributed by atoms with van der Waals surface area (Å²) in [5.74, 6) is 0. The number of nitrogens with zero attached hydrogens (tertiary/aromatic N) is 2. The summed E-state index contributed by atoms with van der Waals surface area (Å²) in [5, 5.41) is 10.2. The van der Waals surface area contributed by atoms with Gasteiger partial charge in [0, 0.05) is 33.5 Å². The Bertz CT molecular complexity index is 2440. The highest BCUT2D eigenvalue weighted by molar-refractivity contribution is 6.29. The van der Waals surface area contributed by atoms with E-state index in [0.717, 1.165) is 17.1 Å². The molecular formula is C42H28N2. The second-order valence-corrected chi connectivity index (χ2v) is 11.4. The van der Waals surface area contributed by atoms with Crippen molar-refractivity contribution in [3.63, 3.8) is 0 Å². The fourth-order valence-electron chi connectivity index (χ4n) is 7.00. The quantitative estimate of drug-likeness (QED) is 0.194. The summed E-state index contributed by atoms with van der Waals surface area (Å²) in [6, 6.07) is 61.4. The molecule has 9 aromatic rings. The maximum atomic E-state index is 2.42. The molecule has 0 spiro atoms. The Morgan fingerprint density at radius 1 is 0.295 bits per heavy atom. The monoisotopic (exact) mass is 560 g/mol. The second kappa shape index (κ2) is 9.86. The molecule has 0 radical (unpaired) electrons. The van der Waals surface area contributed by atoms with Crippen molar-refractivity contribution in [3.05, 3.63) is 170 Å². The van der Waals surface area contributed by atoms with Gasteiger partial charge >= 0.3 is 0 Å². The van der Waals surface area contributed by atoms with Gasteiger partial charge in [-0.25, -0.2) is 0 Å². The molecule has 206 valence electrons. The largest absolute Gasteiger partial charge is 0.310 e. The van der Waals surface area contributed by atoms with Gasteiger partial charge in [-0.15, -0.1) is 0 Å². The van der Waals surface area contributed by atoms with Crippen LogP contribution in [0, 0.1) is 0 Å². The number of aromatic nitrogens is 1. The zero-order chi connectivity index (χ0) is 29.0. The molecule has 1 heterocycles. The van der Waals surface area contributed by atoms with E-state index < -0.39 is 0 Å². The molecule has 44 heavy (non-hydrogen) atoms. The highest BCUT2D eigenvalue weighted by atomic mass is 15.1. The number of fused-ring (bicyclic) bond motifs is 9. The summed E-state index contributed by atoms with van der Waals surface area (Å²) >= 11 is 0. The molecule has 0 aliphatic carbocycles. The molecule has 0 N–H and O–H groups in total. The fraction of sp³-hybridized carbons (Fsp3) is 0. The summed E-state index contributed by atoms with van der Waals surface area (Å²) in [6.07, 6.45) is 0. The fourth-order valence-corrected chi connectivity index (χ4v) is 7.00. The van der Waals surface area contributed by atoms with Crippen LogP contribution in [-0.2, 0) is 0 Å². The number of anilines is 3. The minimum absolute atomic E-state index is 1.14. The average Bonchev–Trinajstić information content (AvgIpc) is 3.42. The van der Waals surface area contributed by atoms with E-state index in [4.69, 9.17) is 0 Å². The van der Waals surface area contributed by atoms with Gasteiger partial charge in [-0.2, -0.15) is 0 Å². The number of rotatable bonds is 4. The first-order valence-electron chi connectivity index (χ1n) is 15.1. The molecule has 2 nitrogen and oxygen atoms in total. The Morgan fingerprint density at radius 3 is 1.45 bits per heavy atom. The molecule has 1 aromatic heterocycles. The molecule has 9 rings (SSSR count). The molecule has 0 bridgehead atoms. The van der Waals surface area contributed by atoms with Crippen molar-refractivity contribution in [1.82, 2.24) is 4.57 Å². The van der Waals surface area contributed by atoms with Crippen LogP contribution in [0.4, 0.5) is 17.1 Å². The molecule has 0 saturated carbocycles. The predicted octanol–water partition coefficient (Wildman–Crippen LogP) is 11.7. The Labute approximate surface area is 255 Å². The van der Waals surface area contributed by atoms with Crippen LogP contribution in [0.25, 0.3) is 59.8 Å². The van der Waals surface area contributed by atoms with Gasteiger partial charge in [0.05, 0.1) is 11.0 Å². The van der Waals surface area contributed by atoms with E-state index in [-0.39, 0.29) is 0 Å². The Morgan fingerprint density at radius 2 is 0.795 bits per heavy atom. The normalized spacial score (nSPS) is 11.6. The van der Waals surface area contributed by atoms with E-state index in [1.54, 1.807) is 0 Å². The molecular weight excluding hydrogens is 532 g/mol. The lowest BCUT2D eigenvalue weighted by molar-refractivity contribution is 1.18. The van der Waals surface area contributed by atoms with Crippen molar-refractivity contribution >= 4 is 71.2 Å². The molecule has 0 unspecified atom stereocenters. The number of hydrogen-bond acceptors (Lipinski definition) is 1. The SMILES string of the molecule is c1ccc(N(c2ccccc2)c2ccc3c(c2)c2ccccc2c2cc4c5ccccc5n(-c5ccccc5)c4cc32)cc1. The number of para-hydroxylation sites is 4. The zero-order valence-corrected chi connectivity index (χ0v) is 24.1. The van der Waals surface area contributed by atoms with Gasteiger partial charge in [0.15, 0.2) is 0 Å². The average molecular weight is 561 g/mol. The van der Waals surface area contributed by atoms with Crippen molar-refractivity contribution in [2.45, 2.75) is 0 Å². The maximum absolute atomic E-state index is 2.42. The summed E-state index contributed by atoms with van der Waals surface area (Å²) in [5.41, 5.74) is 7.03. The van der Waals surface area contributed by atoms with Crippen molar-refractivity contribution in [2.75, 3.05) is 4.90 Å². The Hall–Kier alpha value is -5.86. The van der Waals surface area contributed by atoms with E-state index in [9.17, 15) is 0 Å². The predicted molar refractivity (Wildman–Crippen MR) is 188 cm³/mol. The first-order chi connectivity index (χ1) is 21.8. The number of hydrogen-bond donors (Lipinski definition) is 0. The number of benzene rings is 8. The highest BCUT2D eigenvalue weighted by Crippen LogP contribution is 2.43. The Balaban J connectivity index is 1.39. The van der Waals surface area contributed by atoms with Gasteiger partial charge in [0.1, 0.15) is 0 Å². The van der Waals surface area contributed by atoms with Crippen LogP contribution < -0.4 is 4.90 Å². The van der Waals surface area contributed by atoms with Crippen molar-refractivity contribution < 1.29 is 0 Å². The summed E-state index contributed by atoms with van der Waals surface area (Å²) < 4.78 is 2.41. The molecule has 0 fully saturated rings. The lowest BCUT2D eigenvalue weighted by Gasteiger charge is -2.26. The van der Waals surface area contributed by atoms with Gasteiger partial charge in [0.2, 0.25) is 0 Å². The molecule has 0 atom stereocenters. The van der Waals surface area contributed by atoms with E-state index in [1.807, 2.05) is 0 Å². The van der Waals surface area contributed by atoms with Gasteiger partial charge in [-0.1, -0.05) is 103 Å². The molecule has 0 aliphatic heterocycles. The first-order valence-corrected chi connectivity index (χ1v) is 15.1. The second-order valence-electron chi connectivity index (χ2n) is 11.4. The van der Waals surface area contributed by atoms with Crippen LogP contribution in [0.3, 0.4) is 0 Å². The third kappa shape index (κ3) is 3.75. The van der Waals surface area contributed by atoms with Crippen molar-refractivity contribution in [1.29, 1.82) is 0 Å². The Kier molecular flexibility index (Phi) is 5.54. The van der Waals surface area contributed by atoms with E-state index >= 15 is 0 Å². The molecule has 2 heteroatoms. The summed E-state index contributed by atoms with van der Waals surface area (Å²) in [7, 11) is 0. The molecule has 8 aromatic carbocycles. The smallest absolute Gasteiger partial charge is 0.0547 e. The standard InChI is InChI=1S/C42H28N2/c1-4-14-29(15-5-1)43(30-16-6-2-7-17-30)32-24-25-35-37(26-32)33-20-10-11-21-34(33)38-27-40-36-22-12-13-23-41(36)44(42(40)28-39(35)38)31-18-8-3-9-19-31/h1-28H. The van der Waals surface area contributed by atoms with Crippen LogP contribution in [0.15, 0.2) is 170 Å². The summed E-state index contributed by atoms with van der Waals surface area (Å²) in [6.45, 7) is 0. The van der Waals surface area contributed by atoms with Crippen LogP contribution >= 0.6 is 0 Å². The van der Waals surface area contributed by atoms with Gasteiger partial charge in [-0.3, -0.25) is 0 Å². The maximum Gasteiger partial charge on any atom is 0.0547 e. The molecule has 0 saturated heterocycles. The van der Waals surface area contributed by atoms with Crippen molar-refractivity contribution in [3.8, 4) is 5.69 Å². The molecule has 0 aliphatic rings. The third-order valence-electron chi connectivity index (χ3n) is 8.91. The lowest BCUT2D eigenvalue weighted by Crippen LogP contribution is -2.09. The van der Waals surface area contributed by atoms with Crippen LogP contribution in [0.1, 0.15) is 0 Å². The molecule has 0 amide bonds. The van der Waals surface area contributed by atoms with Crippen LogP contribution in [-0.4, -0.2) is 4.57 Å². The van der Waals surface area contributed by atoms with E-state index in [1.165, 1.54) is 59.8 Å². The van der Waals surface area contributed by atoms with Gasteiger partial charge in [-0.05, 0) is 99.0 Å².